The molecule has 1 unspecified atom stereocenters. The van der Waals surface area contributed by atoms with E-state index in [0.29, 0.717) is 16.5 Å². The van der Waals surface area contributed by atoms with Crippen molar-refractivity contribution in [1.29, 1.82) is 0 Å². The molecule has 0 saturated heterocycles. The van der Waals surface area contributed by atoms with Crippen LogP contribution in [0.2, 0.25) is 5.02 Å². The molecule has 5 heteroatoms. The maximum atomic E-state index is 13.5. The van der Waals surface area contributed by atoms with Gasteiger partial charge in [-0.3, -0.25) is 4.79 Å². The van der Waals surface area contributed by atoms with Crippen molar-refractivity contribution >= 4 is 17.5 Å². The van der Waals surface area contributed by atoms with Crippen LogP contribution in [0.4, 0.5) is 4.39 Å². The zero-order valence-corrected chi connectivity index (χ0v) is 14.6. The van der Waals surface area contributed by atoms with Gasteiger partial charge in [-0.05, 0) is 29.7 Å². The molecular formula is C19H22ClFN2O. The van der Waals surface area contributed by atoms with Gasteiger partial charge in [0.2, 0.25) is 5.91 Å². The molecule has 1 amide bonds. The highest BCUT2D eigenvalue weighted by atomic mass is 35.5. The van der Waals surface area contributed by atoms with Crippen LogP contribution in [-0.4, -0.2) is 12.5 Å². The Morgan fingerprint density at radius 3 is 2.42 bits per heavy atom. The summed E-state index contributed by atoms with van der Waals surface area (Å²) in [5, 5.41) is 6.67. The van der Waals surface area contributed by atoms with Crippen molar-refractivity contribution in [2.45, 2.75) is 26.4 Å². The number of amides is 1. The van der Waals surface area contributed by atoms with Gasteiger partial charge >= 0.3 is 0 Å². The number of hydrogen-bond donors (Lipinski definition) is 2. The largest absolute Gasteiger partial charge is 0.351 e. The van der Waals surface area contributed by atoms with Gasteiger partial charge in [-0.2, -0.15) is 0 Å². The van der Waals surface area contributed by atoms with E-state index in [0.717, 1.165) is 5.56 Å². The average molecular weight is 349 g/mol. The Balaban J connectivity index is 1.88. The molecule has 0 aromatic heterocycles. The molecule has 24 heavy (non-hydrogen) atoms. The Bertz CT molecular complexity index is 673. The number of carbonyl (C=O) groups is 1. The standard InChI is InChI=1S/C19H22ClFN2O/c1-13(2)19(14-7-9-16(20)10-8-14)23-12-18(24)22-11-15-5-3-4-6-17(15)21/h3-10,13,19,23H,11-12H2,1-2H3,(H,22,24). The Labute approximate surface area is 147 Å². The number of rotatable bonds is 7. The summed E-state index contributed by atoms with van der Waals surface area (Å²) < 4.78 is 13.5. The number of benzene rings is 2. The predicted molar refractivity (Wildman–Crippen MR) is 95.3 cm³/mol. The number of hydrogen-bond acceptors (Lipinski definition) is 2. The van der Waals surface area contributed by atoms with Crippen LogP contribution in [0, 0.1) is 11.7 Å². The van der Waals surface area contributed by atoms with Gasteiger partial charge in [0, 0.05) is 23.2 Å². The summed E-state index contributed by atoms with van der Waals surface area (Å²) in [6.07, 6.45) is 0. The van der Waals surface area contributed by atoms with Crippen molar-refractivity contribution in [1.82, 2.24) is 10.6 Å². The van der Waals surface area contributed by atoms with E-state index in [4.69, 9.17) is 11.6 Å². The molecule has 0 fully saturated rings. The minimum absolute atomic E-state index is 0.0430. The minimum atomic E-state index is -0.313. The molecule has 128 valence electrons. The first-order chi connectivity index (χ1) is 11.5. The fraction of sp³-hybridized carbons (Fsp3) is 0.316. The van der Waals surface area contributed by atoms with Crippen LogP contribution >= 0.6 is 11.6 Å². The first-order valence-electron chi connectivity index (χ1n) is 7.96. The van der Waals surface area contributed by atoms with Crippen LogP contribution in [0.3, 0.4) is 0 Å². The fourth-order valence-corrected chi connectivity index (χ4v) is 2.64. The molecule has 0 aliphatic carbocycles. The van der Waals surface area contributed by atoms with Crippen molar-refractivity contribution in [2.24, 2.45) is 5.92 Å². The van der Waals surface area contributed by atoms with Crippen LogP contribution in [-0.2, 0) is 11.3 Å². The molecule has 2 rings (SSSR count). The van der Waals surface area contributed by atoms with Gasteiger partial charge < -0.3 is 10.6 Å². The molecule has 0 saturated carbocycles. The lowest BCUT2D eigenvalue weighted by Crippen LogP contribution is -2.37. The fourth-order valence-electron chi connectivity index (χ4n) is 2.51. The van der Waals surface area contributed by atoms with Crippen molar-refractivity contribution < 1.29 is 9.18 Å². The van der Waals surface area contributed by atoms with Crippen LogP contribution in [0.1, 0.15) is 31.0 Å². The summed E-state index contributed by atoms with van der Waals surface area (Å²) in [4.78, 5) is 12.0. The van der Waals surface area contributed by atoms with Crippen molar-refractivity contribution in [2.75, 3.05) is 6.54 Å². The maximum absolute atomic E-state index is 13.5. The summed E-state index contributed by atoms with van der Waals surface area (Å²) in [6.45, 7) is 4.52. The molecule has 0 spiro atoms. The Morgan fingerprint density at radius 2 is 1.79 bits per heavy atom. The second-order valence-corrected chi connectivity index (χ2v) is 6.46. The molecule has 0 aliphatic rings. The van der Waals surface area contributed by atoms with E-state index in [9.17, 15) is 9.18 Å². The highest BCUT2D eigenvalue weighted by Gasteiger charge is 2.16. The lowest BCUT2D eigenvalue weighted by atomic mass is 9.96. The van der Waals surface area contributed by atoms with Gasteiger partial charge in [-0.25, -0.2) is 4.39 Å². The summed E-state index contributed by atoms with van der Waals surface area (Å²) in [7, 11) is 0. The normalized spacial score (nSPS) is 12.2. The molecule has 2 aromatic rings. The first kappa shape index (κ1) is 18.4. The number of halogens is 2. The molecular weight excluding hydrogens is 327 g/mol. The van der Waals surface area contributed by atoms with Gasteiger partial charge in [0.25, 0.3) is 0 Å². The Kier molecular flexibility index (Phi) is 6.76. The van der Waals surface area contributed by atoms with Crippen LogP contribution in [0.25, 0.3) is 0 Å². The Morgan fingerprint density at radius 1 is 1.12 bits per heavy atom. The minimum Gasteiger partial charge on any atom is -0.351 e. The molecule has 0 bridgehead atoms. The molecule has 3 nitrogen and oxygen atoms in total. The van der Waals surface area contributed by atoms with Crippen LogP contribution < -0.4 is 10.6 Å². The van der Waals surface area contributed by atoms with Gasteiger partial charge in [0.05, 0.1) is 6.54 Å². The quantitative estimate of drug-likeness (QED) is 0.791. The number of carbonyl (C=O) groups excluding carboxylic acids is 1. The highest BCUT2D eigenvalue weighted by Crippen LogP contribution is 2.22. The third-order valence-corrected chi connectivity index (χ3v) is 4.06. The summed E-state index contributed by atoms with van der Waals surface area (Å²) in [5.74, 6) is -0.171. The summed E-state index contributed by atoms with van der Waals surface area (Å²) >= 11 is 5.92. The number of nitrogens with one attached hydrogen (secondary N) is 2. The second-order valence-electron chi connectivity index (χ2n) is 6.02. The van der Waals surface area contributed by atoms with Crippen molar-refractivity contribution in [3.63, 3.8) is 0 Å². The molecule has 2 N–H and O–H groups in total. The molecule has 2 aromatic carbocycles. The zero-order chi connectivity index (χ0) is 17.5. The van der Waals surface area contributed by atoms with E-state index in [1.807, 2.05) is 24.3 Å². The van der Waals surface area contributed by atoms with Crippen LogP contribution in [0.5, 0.6) is 0 Å². The van der Waals surface area contributed by atoms with Gasteiger partial charge in [-0.15, -0.1) is 0 Å². The first-order valence-corrected chi connectivity index (χ1v) is 8.34. The van der Waals surface area contributed by atoms with E-state index in [1.54, 1.807) is 18.2 Å². The zero-order valence-electron chi connectivity index (χ0n) is 13.9. The van der Waals surface area contributed by atoms with Gasteiger partial charge in [-0.1, -0.05) is 55.8 Å². The third kappa shape index (κ3) is 5.32. The lowest BCUT2D eigenvalue weighted by molar-refractivity contribution is -0.120. The Hall–Kier alpha value is -1.91. The summed E-state index contributed by atoms with van der Waals surface area (Å²) in [6, 6.07) is 14.1. The topological polar surface area (TPSA) is 41.1 Å². The van der Waals surface area contributed by atoms with Crippen LogP contribution in [0.15, 0.2) is 48.5 Å². The average Bonchev–Trinajstić information content (AvgIpc) is 2.55. The lowest BCUT2D eigenvalue weighted by Gasteiger charge is -2.23. The smallest absolute Gasteiger partial charge is 0.234 e. The van der Waals surface area contributed by atoms with E-state index >= 15 is 0 Å². The molecule has 0 radical (unpaired) electrons. The molecule has 0 aliphatic heterocycles. The van der Waals surface area contributed by atoms with E-state index < -0.39 is 0 Å². The summed E-state index contributed by atoms with van der Waals surface area (Å²) in [5.41, 5.74) is 1.56. The van der Waals surface area contributed by atoms with Gasteiger partial charge in [0.15, 0.2) is 0 Å². The maximum Gasteiger partial charge on any atom is 0.234 e. The highest BCUT2D eigenvalue weighted by molar-refractivity contribution is 6.30. The molecule has 0 heterocycles. The van der Waals surface area contributed by atoms with Crippen molar-refractivity contribution in [3.05, 3.63) is 70.5 Å². The third-order valence-electron chi connectivity index (χ3n) is 3.81. The second kappa shape index (κ2) is 8.81. The predicted octanol–water partition coefficient (Wildman–Crippen LogP) is 4.08. The molecule has 1 atom stereocenters. The van der Waals surface area contributed by atoms with Crippen molar-refractivity contribution in [3.8, 4) is 0 Å². The monoisotopic (exact) mass is 348 g/mol. The SMILES string of the molecule is CC(C)C(NCC(=O)NCc1ccccc1F)c1ccc(Cl)cc1. The van der Waals surface area contributed by atoms with Gasteiger partial charge in [0.1, 0.15) is 5.82 Å². The van der Waals surface area contributed by atoms with E-state index in [1.165, 1.54) is 6.07 Å². The van der Waals surface area contributed by atoms with E-state index in [2.05, 4.69) is 24.5 Å². The van der Waals surface area contributed by atoms with E-state index in [-0.39, 0.29) is 30.9 Å².